The number of primary amides is 1. The second kappa shape index (κ2) is 9.08. The van der Waals surface area contributed by atoms with Crippen LogP contribution in [-0.2, 0) is 19.6 Å². The maximum absolute atomic E-state index is 11.3. The monoisotopic (exact) mass is 383 g/mol. The lowest BCUT2D eigenvalue weighted by molar-refractivity contribution is 0.110. The Hall–Kier alpha value is -2.57. The van der Waals surface area contributed by atoms with E-state index in [9.17, 15) is 9.90 Å². The third-order valence-electron chi connectivity index (χ3n) is 5.05. The molecule has 3 rings (SSSR count). The van der Waals surface area contributed by atoms with E-state index in [0.29, 0.717) is 18.4 Å². The highest BCUT2D eigenvalue weighted by Gasteiger charge is 2.30. The maximum Gasteiger partial charge on any atom is 0.312 e. The van der Waals surface area contributed by atoms with Gasteiger partial charge in [-0.1, -0.05) is 50.2 Å². The molecule has 0 fully saturated rings. The van der Waals surface area contributed by atoms with Crippen molar-refractivity contribution in [1.82, 2.24) is 10.6 Å². The summed E-state index contributed by atoms with van der Waals surface area (Å²) in [6, 6.07) is 13.5. The van der Waals surface area contributed by atoms with Gasteiger partial charge in [-0.25, -0.2) is 4.79 Å². The largest absolute Gasteiger partial charge is 0.489 e. The number of aliphatic hydroxyl groups is 1. The Morgan fingerprint density at radius 1 is 1.25 bits per heavy atom. The quantitative estimate of drug-likeness (QED) is 0.591. The molecule has 0 spiro atoms. The molecular formula is C22H29N3O3. The van der Waals surface area contributed by atoms with Crippen molar-refractivity contribution in [2.75, 3.05) is 0 Å². The second-order valence-corrected chi connectivity index (χ2v) is 7.51. The number of aliphatic hydroxyl groups excluding tert-OH is 1. The number of hydrogen-bond acceptors (Lipinski definition) is 4. The van der Waals surface area contributed by atoms with Crippen molar-refractivity contribution in [2.45, 2.75) is 58.0 Å². The van der Waals surface area contributed by atoms with E-state index in [1.807, 2.05) is 42.5 Å². The molecule has 5 N–H and O–H groups in total. The standard InChI is InChI=1S/C22H29N3O3/c1-14(2)25-19-10-8-16-17(21(19)26)9-11-20(18(16)12-24-22(23)27)28-13-15-6-4-3-5-7-15/h3-7,9,11,14,19,21,25-26H,8,10,12-13H2,1-2H3,(H3,23,24,27)/t19-,21-/m0/s1. The van der Waals surface area contributed by atoms with Crippen LogP contribution in [0.15, 0.2) is 42.5 Å². The average Bonchev–Trinajstić information content (AvgIpc) is 2.67. The van der Waals surface area contributed by atoms with Crippen LogP contribution in [-0.4, -0.2) is 23.2 Å². The van der Waals surface area contributed by atoms with Gasteiger partial charge in [0.05, 0.1) is 6.10 Å². The molecular weight excluding hydrogens is 354 g/mol. The third kappa shape index (κ3) is 4.82. The summed E-state index contributed by atoms with van der Waals surface area (Å²) in [7, 11) is 0. The van der Waals surface area contributed by atoms with Gasteiger partial charge in [0.15, 0.2) is 0 Å². The number of nitrogens with one attached hydrogen (secondary N) is 2. The molecule has 0 aliphatic heterocycles. The van der Waals surface area contributed by atoms with E-state index in [0.717, 1.165) is 35.1 Å². The minimum atomic E-state index is -0.596. The average molecular weight is 383 g/mol. The summed E-state index contributed by atoms with van der Waals surface area (Å²) in [6.07, 6.45) is 1.02. The van der Waals surface area contributed by atoms with Crippen molar-refractivity contribution >= 4 is 6.03 Å². The minimum Gasteiger partial charge on any atom is -0.489 e. The SMILES string of the molecule is CC(C)N[C@H]1CCc2c(ccc(OCc3ccccc3)c2CNC(N)=O)[C@@H]1O. The predicted molar refractivity (Wildman–Crippen MR) is 109 cm³/mol. The number of benzene rings is 2. The van der Waals surface area contributed by atoms with Crippen LogP contribution in [0.5, 0.6) is 5.75 Å². The van der Waals surface area contributed by atoms with E-state index in [1.54, 1.807) is 0 Å². The van der Waals surface area contributed by atoms with Crippen LogP contribution in [0.4, 0.5) is 4.79 Å². The zero-order valence-electron chi connectivity index (χ0n) is 16.4. The molecule has 1 aliphatic rings. The van der Waals surface area contributed by atoms with Gasteiger partial charge in [-0.15, -0.1) is 0 Å². The van der Waals surface area contributed by atoms with Gasteiger partial charge in [0.25, 0.3) is 0 Å². The van der Waals surface area contributed by atoms with Crippen molar-refractivity contribution in [3.63, 3.8) is 0 Å². The molecule has 0 bridgehead atoms. The van der Waals surface area contributed by atoms with Crippen molar-refractivity contribution < 1.29 is 14.6 Å². The van der Waals surface area contributed by atoms with Crippen molar-refractivity contribution in [1.29, 1.82) is 0 Å². The number of ether oxygens (including phenoxy) is 1. The number of fused-ring (bicyclic) bond motifs is 1. The zero-order valence-corrected chi connectivity index (χ0v) is 16.4. The highest BCUT2D eigenvalue weighted by molar-refractivity contribution is 5.71. The van der Waals surface area contributed by atoms with Crippen LogP contribution in [0.25, 0.3) is 0 Å². The van der Waals surface area contributed by atoms with Gasteiger partial charge in [-0.2, -0.15) is 0 Å². The van der Waals surface area contributed by atoms with Gasteiger partial charge in [-0.3, -0.25) is 0 Å². The lowest BCUT2D eigenvalue weighted by atomic mass is 9.82. The second-order valence-electron chi connectivity index (χ2n) is 7.51. The van der Waals surface area contributed by atoms with Crippen LogP contribution in [0, 0.1) is 0 Å². The predicted octanol–water partition coefficient (Wildman–Crippen LogP) is 2.78. The van der Waals surface area contributed by atoms with E-state index >= 15 is 0 Å². The molecule has 2 aromatic carbocycles. The Morgan fingerprint density at radius 2 is 2.00 bits per heavy atom. The number of hydrogen-bond donors (Lipinski definition) is 4. The lowest BCUT2D eigenvalue weighted by Gasteiger charge is -2.34. The Morgan fingerprint density at radius 3 is 2.68 bits per heavy atom. The first-order valence-electron chi connectivity index (χ1n) is 9.74. The van der Waals surface area contributed by atoms with Crippen LogP contribution in [0.3, 0.4) is 0 Å². The van der Waals surface area contributed by atoms with Gasteiger partial charge in [-0.05, 0) is 35.6 Å². The molecule has 0 saturated carbocycles. The highest BCUT2D eigenvalue weighted by atomic mass is 16.5. The molecule has 6 nitrogen and oxygen atoms in total. The zero-order chi connectivity index (χ0) is 20.1. The Labute approximate surface area is 166 Å². The fourth-order valence-electron chi connectivity index (χ4n) is 3.78. The first kappa shape index (κ1) is 20.2. The summed E-state index contributed by atoms with van der Waals surface area (Å²) in [4.78, 5) is 11.3. The molecule has 1 aliphatic carbocycles. The molecule has 0 aromatic heterocycles. The lowest BCUT2D eigenvalue weighted by Crippen LogP contribution is -2.42. The number of carbonyl (C=O) groups excluding carboxylic acids is 1. The summed E-state index contributed by atoms with van der Waals surface area (Å²) in [6.45, 7) is 4.86. The topological polar surface area (TPSA) is 96.6 Å². The number of nitrogens with two attached hydrogens (primary N) is 1. The fraction of sp³-hybridized carbons (Fsp3) is 0.409. The summed E-state index contributed by atoms with van der Waals surface area (Å²) < 4.78 is 6.06. The first-order valence-corrected chi connectivity index (χ1v) is 9.74. The van der Waals surface area contributed by atoms with E-state index in [1.165, 1.54) is 0 Å². The molecule has 2 atom stereocenters. The van der Waals surface area contributed by atoms with Crippen LogP contribution >= 0.6 is 0 Å². The summed E-state index contributed by atoms with van der Waals surface area (Å²) in [5.74, 6) is 0.707. The van der Waals surface area contributed by atoms with Crippen LogP contribution in [0.1, 0.15) is 48.6 Å². The van der Waals surface area contributed by atoms with E-state index in [-0.39, 0.29) is 12.6 Å². The molecule has 2 amide bonds. The Bertz CT molecular complexity index is 808. The van der Waals surface area contributed by atoms with Crippen LogP contribution < -0.4 is 21.1 Å². The molecule has 6 heteroatoms. The molecule has 0 heterocycles. The molecule has 0 saturated heterocycles. The number of carbonyl (C=O) groups is 1. The molecule has 150 valence electrons. The minimum absolute atomic E-state index is 0.0144. The van der Waals surface area contributed by atoms with Crippen molar-refractivity contribution in [2.24, 2.45) is 5.73 Å². The molecule has 0 unspecified atom stereocenters. The Balaban J connectivity index is 1.87. The Kier molecular flexibility index (Phi) is 6.54. The molecule has 28 heavy (non-hydrogen) atoms. The first-order chi connectivity index (χ1) is 13.5. The van der Waals surface area contributed by atoms with Crippen molar-refractivity contribution in [3.8, 4) is 5.75 Å². The van der Waals surface area contributed by atoms with E-state index in [4.69, 9.17) is 10.5 Å². The van der Waals surface area contributed by atoms with E-state index in [2.05, 4.69) is 24.5 Å². The summed E-state index contributed by atoms with van der Waals surface area (Å²) in [5, 5.41) is 17.0. The molecule has 0 radical (unpaired) electrons. The smallest absolute Gasteiger partial charge is 0.312 e. The van der Waals surface area contributed by atoms with Gasteiger partial charge in [0, 0.05) is 24.2 Å². The van der Waals surface area contributed by atoms with Gasteiger partial charge >= 0.3 is 6.03 Å². The fourth-order valence-corrected chi connectivity index (χ4v) is 3.78. The summed E-state index contributed by atoms with van der Waals surface area (Å²) in [5.41, 5.74) is 9.16. The van der Waals surface area contributed by atoms with E-state index < -0.39 is 12.1 Å². The number of amides is 2. The normalized spacial score (nSPS) is 18.6. The number of rotatable bonds is 7. The van der Waals surface area contributed by atoms with Gasteiger partial charge in [0.1, 0.15) is 12.4 Å². The summed E-state index contributed by atoms with van der Waals surface area (Å²) >= 11 is 0. The highest BCUT2D eigenvalue weighted by Crippen LogP contribution is 2.36. The van der Waals surface area contributed by atoms with Crippen molar-refractivity contribution in [3.05, 3.63) is 64.7 Å². The van der Waals surface area contributed by atoms with Crippen LogP contribution in [0.2, 0.25) is 0 Å². The van der Waals surface area contributed by atoms with Gasteiger partial charge < -0.3 is 26.2 Å². The maximum atomic E-state index is 11.3. The number of urea groups is 1. The third-order valence-corrected chi connectivity index (χ3v) is 5.05. The van der Waals surface area contributed by atoms with Gasteiger partial charge in [0.2, 0.25) is 0 Å². The molecule has 2 aromatic rings.